The summed E-state index contributed by atoms with van der Waals surface area (Å²) in [5, 5.41) is 2.87. The molecule has 0 saturated heterocycles. The van der Waals surface area contributed by atoms with Crippen LogP contribution >= 0.6 is 0 Å². The van der Waals surface area contributed by atoms with Gasteiger partial charge in [-0.3, -0.25) is 19.3 Å². The molecule has 5 rings (SSSR count). The molecule has 2 aliphatic heterocycles. The van der Waals surface area contributed by atoms with E-state index in [2.05, 4.69) is 5.32 Å². The van der Waals surface area contributed by atoms with E-state index < -0.39 is 6.17 Å². The normalized spacial score (nSPS) is 16.1. The number of anilines is 1. The Morgan fingerprint density at radius 2 is 1.79 bits per heavy atom. The minimum Gasteiger partial charge on any atom is -0.493 e. The number of carbonyl (C=O) groups excluding carboxylic acids is 3. The number of aromatic nitrogens is 1. The zero-order valence-corrected chi connectivity index (χ0v) is 19.1. The lowest BCUT2D eigenvalue weighted by Crippen LogP contribution is -2.51. The number of nitrogens with zero attached hydrogens (tertiary/aromatic N) is 3. The van der Waals surface area contributed by atoms with Crippen molar-refractivity contribution in [3.05, 3.63) is 77.1 Å². The monoisotopic (exact) mass is 460 g/mol. The van der Waals surface area contributed by atoms with E-state index in [1.54, 1.807) is 41.3 Å². The van der Waals surface area contributed by atoms with Gasteiger partial charge in [0.25, 0.3) is 11.8 Å². The molecule has 3 amide bonds. The van der Waals surface area contributed by atoms with Gasteiger partial charge < -0.3 is 24.3 Å². The van der Waals surface area contributed by atoms with Crippen molar-refractivity contribution in [3.8, 4) is 11.5 Å². The summed E-state index contributed by atoms with van der Waals surface area (Å²) in [4.78, 5) is 43.1. The lowest BCUT2D eigenvalue weighted by molar-refractivity contribution is -0.122. The molecule has 3 heterocycles. The van der Waals surface area contributed by atoms with Crippen LogP contribution in [0.5, 0.6) is 11.5 Å². The Balaban J connectivity index is 1.54. The van der Waals surface area contributed by atoms with E-state index in [9.17, 15) is 14.4 Å². The zero-order chi connectivity index (χ0) is 24.0. The van der Waals surface area contributed by atoms with Crippen molar-refractivity contribution in [2.24, 2.45) is 7.05 Å². The standard InChI is InChI=1S/C25H24N4O5/c1-27-12-6-7-15(27)13-26-20(30)14-28-23-17-10-11-19(33-2)22(34-3)21(17)25(32)29(23)18-9-5-4-8-16(18)24(28)31/h4-12,23H,13-14H2,1-3H3,(H,26,30). The summed E-state index contributed by atoms with van der Waals surface area (Å²) in [5.74, 6) is -0.236. The van der Waals surface area contributed by atoms with Gasteiger partial charge in [0.05, 0.1) is 37.6 Å². The molecule has 9 heteroatoms. The molecule has 1 N–H and O–H groups in total. The number of carbonyl (C=O) groups is 3. The number of ether oxygens (including phenoxy) is 2. The van der Waals surface area contributed by atoms with Crippen molar-refractivity contribution < 1.29 is 23.9 Å². The molecule has 0 saturated carbocycles. The highest BCUT2D eigenvalue weighted by molar-refractivity contribution is 6.18. The van der Waals surface area contributed by atoms with E-state index in [4.69, 9.17) is 9.47 Å². The maximum atomic E-state index is 13.6. The SMILES string of the molecule is COc1ccc2c(c1OC)C(=O)N1c3ccccc3C(=O)N(CC(=O)NCc3cccn3C)C21. The van der Waals surface area contributed by atoms with Gasteiger partial charge >= 0.3 is 0 Å². The predicted molar refractivity (Wildman–Crippen MR) is 124 cm³/mol. The Morgan fingerprint density at radius 3 is 2.50 bits per heavy atom. The molecule has 1 unspecified atom stereocenters. The Hall–Kier alpha value is -4.27. The molecule has 3 aromatic rings. The highest BCUT2D eigenvalue weighted by atomic mass is 16.5. The zero-order valence-electron chi connectivity index (χ0n) is 19.1. The van der Waals surface area contributed by atoms with Gasteiger partial charge in [0, 0.05) is 24.5 Å². The summed E-state index contributed by atoms with van der Waals surface area (Å²) >= 11 is 0. The van der Waals surface area contributed by atoms with Crippen molar-refractivity contribution in [3.63, 3.8) is 0 Å². The van der Waals surface area contributed by atoms with Gasteiger partial charge in [-0.05, 0) is 30.3 Å². The van der Waals surface area contributed by atoms with Crippen LogP contribution in [0.15, 0.2) is 54.7 Å². The molecule has 2 aliphatic rings. The number of methoxy groups -OCH3 is 2. The van der Waals surface area contributed by atoms with E-state index in [0.717, 1.165) is 5.69 Å². The number of amides is 3. The van der Waals surface area contributed by atoms with Gasteiger partial charge in [-0.25, -0.2) is 0 Å². The van der Waals surface area contributed by atoms with Crippen molar-refractivity contribution in [2.45, 2.75) is 12.7 Å². The minimum atomic E-state index is -0.773. The van der Waals surface area contributed by atoms with Gasteiger partial charge in [-0.2, -0.15) is 0 Å². The Labute approximate surface area is 196 Å². The second kappa shape index (κ2) is 8.26. The summed E-state index contributed by atoms with van der Waals surface area (Å²) < 4.78 is 12.8. The number of hydrogen-bond donors (Lipinski definition) is 1. The minimum absolute atomic E-state index is 0.209. The van der Waals surface area contributed by atoms with Crippen LogP contribution < -0.4 is 19.7 Å². The molecule has 174 valence electrons. The molecule has 2 aromatic carbocycles. The number of benzene rings is 2. The molecule has 34 heavy (non-hydrogen) atoms. The first kappa shape index (κ1) is 21.6. The second-order valence-corrected chi connectivity index (χ2v) is 8.15. The lowest BCUT2D eigenvalue weighted by Gasteiger charge is -2.40. The average molecular weight is 460 g/mol. The predicted octanol–water partition coefficient (Wildman–Crippen LogP) is 2.47. The third kappa shape index (κ3) is 3.20. The van der Waals surface area contributed by atoms with E-state index >= 15 is 0 Å². The number of para-hydroxylation sites is 1. The Kier molecular flexibility index (Phi) is 5.24. The van der Waals surface area contributed by atoms with Crippen molar-refractivity contribution in [1.29, 1.82) is 0 Å². The molecule has 0 aliphatic carbocycles. The number of fused-ring (bicyclic) bond motifs is 5. The van der Waals surface area contributed by atoms with Crippen molar-refractivity contribution >= 4 is 23.4 Å². The van der Waals surface area contributed by atoms with Crippen LogP contribution in [0.25, 0.3) is 0 Å². The van der Waals surface area contributed by atoms with Crippen LogP contribution in [0.2, 0.25) is 0 Å². The molecule has 9 nitrogen and oxygen atoms in total. The number of aryl methyl sites for hydroxylation is 1. The van der Waals surface area contributed by atoms with Crippen molar-refractivity contribution in [1.82, 2.24) is 14.8 Å². The Bertz CT molecular complexity index is 1310. The lowest BCUT2D eigenvalue weighted by atomic mass is 10.0. The fourth-order valence-electron chi connectivity index (χ4n) is 4.67. The maximum absolute atomic E-state index is 13.6. The molecular formula is C25H24N4O5. The molecule has 1 atom stereocenters. The quantitative estimate of drug-likeness (QED) is 0.610. The third-order valence-electron chi connectivity index (χ3n) is 6.32. The van der Waals surface area contributed by atoms with Crippen LogP contribution in [0.4, 0.5) is 5.69 Å². The van der Waals surface area contributed by atoms with Gasteiger partial charge in [0.15, 0.2) is 11.5 Å². The smallest absolute Gasteiger partial charge is 0.264 e. The number of hydrogen-bond acceptors (Lipinski definition) is 5. The number of rotatable bonds is 6. The molecule has 0 bridgehead atoms. The first-order valence-electron chi connectivity index (χ1n) is 10.8. The summed E-state index contributed by atoms with van der Waals surface area (Å²) in [6.45, 7) is 0.121. The first-order chi connectivity index (χ1) is 16.5. The third-order valence-corrected chi connectivity index (χ3v) is 6.32. The van der Waals surface area contributed by atoms with Crippen LogP contribution in [-0.4, -0.2) is 48.0 Å². The van der Waals surface area contributed by atoms with Gasteiger partial charge in [-0.1, -0.05) is 18.2 Å². The van der Waals surface area contributed by atoms with Crippen LogP contribution in [-0.2, 0) is 18.4 Å². The molecule has 0 fully saturated rings. The highest BCUT2D eigenvalue weighted by Crippen LogP contribution is 2.49. The van der Waals surface area contributed by atoms with Crippen LogP contribution in [0.1, 0.15) is 38.1 Å². The molecule has 1 aromatic heterocycles. The van der Waals surface area contributed by atoms with Crippen LogP contribution in [0.3, 0.4) is 0 Å². The van der Waals surface area contributed by atoms with E-state index in [0.29, 0.717) is 40.4 Å². The van der Waals surface area contributed by atoms with Gasteiger partial charge in [-0.15, -0.1) is 0 Å². The second-order valence-electron chi connectivity index (χ2n) is 8.15. The topological polar surface area (TPSA) is 93.1 Å². The van der Waals surface area contributed by atoms with Gasteiger partial charge in [0.2, 0.25) is 5.91 Å². The summed E-state index contributed by atoms with van der Waals surface area (Å²) in [7, 11) is 4.86. The fourth-order valence-corrected chi connectivity index (χ4v) is 4.67. The maximum Gasteiger partial charge on any atom is 0.264 e. The highest BCUT2D eigenvalue weighted by Gasteiger charge is 2.50. The van der Waals surface area contributed by atoms with E-state index in [-0.39, 0.29) is 24.3 Å². The fraction of sp³-hybridized carbons (Fsp3) is 0.240. The number of nitrogens with one attached hydrogen (secondary N) is 1. The van der Waals surface area contributed by atoms with Crippen LogP contribution in [0, 0.1) is 0 Å². The van der Waals surface area contributed by atoms with E-state index in [1.165, 1.54) is 19.1 Å². The average Bonchev–Trinajstić information content (AvgIpc) is 3.40. The summed E-state index contributed by atoms with van der Waals surface area (Å²) in [5.41, 5.74) is 2.70. The van der Waals surface area contributed by atoms with E-state index in [1.807, 2.05) is 29.9 Å². The molecule has 0 radical (unpaired) electrons. The van der Waals surface area contributed by atoms with Crippen molar-refractivity contribution in [2.75, 3.05) is 25.7 Å². The molecular weight excluding hydrogens is 436 g/mol. The summed E-state index contributed by atoms with van der Waals surface area (Å²) in [6.07, 6.45) is 1.12. The van der Waals surface area contributed by atoms with Gasteiger partial charge in [0.1, 0.15) is 12.7 Å². The first-order valence-corrected chi connectivity index (χ1v) is 10.8. The summed E-state index contributed by atoms with van der Waals surface area (Å²) in [6, 6.07) is 14.2. The molecule has 0 spiro atoms. The largest absolute Gasteiger partial charge is 0.493 e. The Morgan fingerprint density at radius 1 is 1.00 bits per heavy atom.